The van der Waals surface area contributed by atoms with Crippen LogP contribution in [0.25, 0.3) is 0 Å². The largest absolute Gasteiger partial charge is 0.379 e. The molecule has 3 N–H and O–H groups in total. The van der Waals surface area contributed by atoms with E-state index < -0.39 is 0 Å². The number of nitrogens with zero attached hydrogens (tertiary/aromatic N) is 2. The van der Waals surface area contributed by atoms with Crippen molar-refractivity contribution in [2.45, 2.75) is 44.4 Å². The standard InChI is InChI=1S/C21H34N4O/c1-21(2)9-8-17(18-6-3-4-7-19(18)21)16-24-20(22)23-10-5-11-25-12-14-26-15-13-25/h3-4,6-7,17H,5,8-16H2,1-2H3,(H3,22,23,24). The lowest BCUT2D eigenvalue weighted by molar-refractivity contribution is 0.0376. The van der Waals surface area contributed by atoms with Gasteiger partial charge in [0.25, 0.3) is 0 Å². The van der Waals surface area contributed by atoms with Gasteiger partial charge in [-0.15, -0.1) is 0 Å². The lowest BCUT2D eigenvalue weighted by Crippen LogP contribution is -2.39. The quantitative estimate of drug-likeness (QED) is 0.466. The molecule has 0 bridgehead atoms. The second-order valence-corrected chi connectivity index (χ2v) is 8.17. The molecule has 0 radical (unpaired) electrons. The summed E-state index contributed by atoms with van der Waals surface area (Å²) in [5, 5.41) is 3.27. The third-order valence-corrected chi connectivity index (χ3v) is 5.79. The van der Waals surface area contributed by atoms with Crippen LogP contribution < -0.4 is 11.1 Å². The number of nitrogens with two attached hydrogens (primary N) is 1. The van der Waals surface area contributed by atoms with Gasteiger partial charge in [0.05, 0.1) is 13.2 Å². The van der Waals surface area contributed by atoms with Crippen LogP contribution in [-0.4, -0.2) is 56.8 Å². The molecule has 0 amide bonds. The van der Waals surface area contributed by atoms with E-state index in [1.165, 1.54) is 24.0 Å². The van der Waals surface area contributed by atoms with Crippen molar-refractivity contribution in [3.63, 3.8) is 0 Å². The van der Waals surface area contributed by atoms with Gasteiger partial charge in [0.15, 0.2) is 5.96 Å². The zero-order valence-corrected chi connectivity index (χ0v) is 16.3. The summed E-state index contributed by atoms with van der Waals surface area (Å²) in [5.41, 5.74) is 9.28. The van der Waals surface area contributed by atoms with Crippen LogP contribution in [0.1, 0.15) is 50.2 Å². The number of morpholine rings is 1. The van der Waals surface area contributed by atoms with Gasteiger partial charge < -0.3 is 15.8 Å². The van der Waals surface area contributed by atoms with Gasteiger partial charge in [0.2, 0.25) is 0 Å². The lowest BCUT2D eigenvalue weighted by Gasteiger charge is -2.36. The van der Waals surface area contributed by atoms with Gasteiger partial charge in [-0.25, -0.2) is 0 Å². The Labute approximate surface area is 158 Å². The summed E-state index contributed by atoms with van der Waals surface area (Å²) in [6, 6.07) is 8.83. The molecule has 3 rings (SSSR count). The minimum Gasteiger partial charge on any atom is -0.379 e. The molecule has 0 saturated carbocycles. The molecule has 2 aliphatic rings. The fourth-order valence-electron chi connectivity index (χ4n) is 4.09. The van der Waals surface area contributed by atoms with Crippen LogP contribution in [-0.2, 0) is 10.2 Å². The monoisotopic (exact) mass is 358 g/mol. The van der Waals surface area contributed by atoms with Crippen LogP contribution in [0.2, 0.25) is 0 Å². The van der Waals surface area contributed by atoms with E-state index in [1.54, 1.807) is 0 Å². The number of guanidine groups is 1. The maximum absolute atomic E-state index is 6.09. The van der Waals surface area contributed by atoms with Crippen LogP contribution in [0.4, 0.5) is 0 Å². The van der Waals surface area contributed by atoms with Gasteiger partial charge in [0.1, 0.15) is 0 Å². The number of aliphatic imine (C=N–C) groups is 1. The molecule has 1 fully saturated rings. The minimum atomic E-state index is 0.264. The van der Waals surface area contributed by atoms with Crippen LogP contribution in [0.3, 0.4) is 0 Å². The molecule has 26 heavy (non-hydrogen) atoms. The predicted molar refractivity (Wildman–Crippen MR) is 108 cm³/mol. The number of hydrogen-bond acceptors (Lipinski definition) is 3. The van der Waals surface area contributed by atoms with E-state index in [1.807, 2.05) is 0 Å². The first kappa shape index (κ1) is 19.2. The second-order valence-electron chi connectivity index (χ2n) is 8.17. The summed E-state index contributed by atoms with van der Waals surface area (Å²) in [7, 11) is 0. The van der Waals surface area contributed by atoms with E-state index in [0.29, 0.717) is 11.9 Å². The smallest absolute Gasteiger partial charge is 0.188 e. The fraction of sp³-hybridized carbons (Fsp3) is 0.667. The van der Waals surface area contributed by atoms with Gasteiger partial charge in [0, 0.05) is 32.1 Å². The fourth-order valence-corrected chi connectivity index (χ4v) is 4.09. The molecule has 1 aromatic carbocycles. The second kappa shape index (κ2) is 8.87. The Morgan fingerprint density at radius 1 is 1.31 bits per heavy atom. The van der Waals surface area contributed by atoms with Crippen molar-refractivity contribution in [3.8, 4) is 0 Å². The van der Waals surface area contributed by atoms with Gasteiger partial charge in [-0.05, 0) is 42.3 Å². The van der Waals surface area contributed by atoms with Crippen molar-refractivity contribution in [1.82, 2.24) is 10.2 Å². The van der Waals surface area contributed by atoms with Crippen molar-refractivity contribution >= 4 is 5.96 Å². The molecule has 1 aliphatic heterocycles. The Hall–Kier alpha value is -1.59. The third kappa shape index (κ3) is 4.98. The van der Waals surface area contributed by atoms with Crippen molar-refractivity contribution in [2.24, 2.45) is 10.7 Å². The van der Waals surface area contributed by atoms with Gasteiger partial charge >= 0.3 is 0 Å². The first-order chi connectivity index (χ1) is 12.6. The van der Waals surface area contributed by atoms with Crippen LogP contribution in [0.15, 0.2) is 29.3 Å². The number of hydrogen-bond donors (Lipinski definition) is 2. The molecule has 0 spiro atoms. The van der Waals surface area contributed by atoms with Crippen LogP contribution in [0, 0.1) is 0 Å². The average Bonchev–Trinajstić information content (AvgIpc) is 2.66. The maximum Gasteiger partial charge on any atom is 0.188 e. The van der Waals surface area contributed by atoms with Crippen molar-refractivity contribution < 1.29 is 4.74 Å². The van der Waals surface area contributed by atoms with Crippen LogP contribution >= 0.6 is 0 Å². The van der Waals surface area contributed by atoms with Gasteiger partial charge in [-0.3, -0.25) is 9.89 Å². The Kier molecular flexibility index (Phi) is 6.54. The zero-order valence-electron chi connectivity index (χ0n) is 16.3. The highest BCUT2D eigenvalue weighted by atomic mass is 16.5. The van der Waals surface area contributed by atoms with Gasteiger partial charge in [-0.2, -0.15) is 0 Å². The number of fused-ring (bicyclic) bond motifs is 1. The average molecular weight is 359 g/mol. The topological polar surface area (TPSA) is 62.9 Å². The maximum atomic E-state index is 6.09. The van der Waals surface area contributed by atoms with Gasteiger partial charge in [-0.1, -0.05) is 38.1 Å². The molecule has 5 nitrogen and oxygen atoms in total. The highest BCUT2D eigenvalue weighted by Gasteiger charge is 2.31. The Morgan fingerprint density at radius 3 is 2.88 bits per heavy atom. The molecule has 144 valence electrons. The first-order valence-corrected chi connectivity index (χ1v) is 9.99. The third-order valence-electron chi connectivity index (χ3n) is 5.79. The molecule has 1 unspecified atom stereocenters. The number of nitrogens with one attached hydrogen (secondary N) is 1. The summed E-state index contributed by atoms with van der Waals surface area (Å²) in [5.74, 6) is 1.06. The molecule has 1 heterocycles. The van der Waals surface area contributed by atoms with E-state index in [0.717, 1.165) is 52.4 Å². The minimum absolute atomic E-state index is 0.264. The molecule has 0 aromatic heterocycles. The number of rotatable bonds is 6. The normalized spacial score (nSPS) is 23.5. The molecule has 1 aliphatic carbocycles. The summed E-state index contributed by atoms with van der Waals surface area (Å²) in [6.07, 6.45) is 3.46. The highest BCUT2D eigenvalue weighted by molar-refractivity contribution is 5.77. The molecule has 5 heteroatoms. The van der Waals surface area contributed by atoms with Crippen LogP contribution in [0.5, 0.6) is 0 Å². The summed E-state index contributed by atoms with van der Waals surface area (Å²) >= 11 is 0. The van der Waals surface area contributed by atoms with E-state index in [2.05, 4.69) is 53.3 Å². The predicted octanol–water partition coefficient (Wildman–Crippen LogP) is 2.47. The van der Waals surface area contributed by atoms with Crippen molar-refractivity contribution in [2.75, 3.05) is 45.9 Å². The first-order valence-electron chi connectivity index (χ1n) is 9.99. The summed E-state index contributed by atoms with van der Waals surface area (Å²) < 4.78 is 5.38. The Balaban J connectivity index is 1.45. The van der Waals surface area contributed by atoms with Crippen molar-refractivity contribution in [3.05, 3.63) is 35.4 Å². The summed E-state index contributed by atoms with van der Waals surface area (Å²) in [6.45, 7) is 11.2. The number of benzene rings is 1. The summed E-state index contributed by atoms with van der Waals surface area (Å²) in [4.78, 5) is 7.07. The SMILES string of the molecule is CC1(C)CCC(CN=C(N)NCCCN2CCOCC2)c2ccccc21. The Morgan fingerprint density at radius 2 is 2.08 bits per heavy atom. The molecular weight excluding hydrogens is 324 g/mol. The Bertz CT molecular complexity index is 608. The van der Waals surface area contributed by atoms with E-state index in [9.17, 15) is 0 Å². The van der Waals surface area contributed by atoms with Crippen molar-refractivity contribution in [1.29, 1.82) is 0 Å². The molecule has 1 aromatic rings. The van der Waals surface area contributed by atoms with E-state index in [-0.39, 0.29) is 5.41 Å². The molecular formula is C21H34N4O. The zero-order chi connectivity index (χ0) is 18.4. The molecule has 1 saturated heterocycles. The lowest BCUT2D eigenvalue weighted by atomic mass is 9.69. The van der Waals surface area contributed by atoms with E-state index in [4.69, 9.17) is 10.5 Å². The van der Waals surface area contributed by atoms with E-state index >= 15 is 0 Å². The number of ether oxygens (including phenoxy) is 1. The highest BCUT2D eigenvalue weighted by Crippen LogP contribution is 2.42. The molecule has 1 atom stereocenters.